The molecule has 2 aromatic carbocycles. The lowest BCUT2D eigenvalue weighted by atomic mass is 9.91. The standard InChI is InChI=1S/C16H18O3/c1-3-10-8-12(17)9-11(4-2)15(10)13-6-5-7-14(18)16(13)19/h5-9,17-19H,3-4H2,1-2H3. The number of para-hydroxylation sites is 1. The van der Waals surface area contributed by atoms with Gasteiger partial charge in [-0.05, 0) is 47.7 Å². The molecular weight excluding hydrogens is 240 g/mol. The van der Waals surface area contributed by atoms with E-state index in [1.165, 1.54) is 6.07 Å². The van der Waals surface area contributed by atoms with Crippen LogP contribution < -0.4 is 0 Å². The molecule has 0 aliphatic rings. The molecule has 2 aromatic rings. The second-order valence-corrected chi connectivity index (χ2v) is 4.52. The monoisotopic (exact) mass is 258 g/mol. The predicted octanol–water partition coefficient (Wildman–Crippen LogP) is 3.60. The number of aromatic hydroxyl groups is 3. The first-order valence-electron chi connectivity index (χ1n) is 6.44. The normalized spacial score (nSPS) is 10.6. The average Bonchev–Trinajstić information content (AvgIpc) is 2.41. The third-order valence-corrected chi connectivity index (χ3v) is 3.33. The van der Waals surface area contributed by atoms with E-state index in [1.54, 1.807) is 24.3 Å². The van der Waals surface area contributed by atoms with Crippen LogP contribution in [0.4, 0.5) is 0 Å². The summed E-state index contributed by atoms with van der Waals surface area (Å²) < 4.78 is 0. The van der Waals surface area contributed by atoms with Crippen LogP contribution in [-0.4, -0.2) is 15.3 Å². The summed E-state index contributed by atoms with van der Waals surface area (Å²) in [6, 6.07) is 8.35. The lowest BCUT2D eigenvalue weighted by Gasteiger charge is -2.16. The van der Waals surface area contributed by atoms with Gasteiger partial charge in [0.05, 0.1) is 0 Å². The van der Waals surface area contributed by atoms with Crippen LogP contribution in [0.2, 0.25) is 0 Å². The fraction of sp³-hybridized carbons (Fsp3) is 0.250. The second kappa shape index (κ2) is 5.22. The molecule has 0 unspecified atom stereocenters. The number of benzene rings is 2. The summed E-state index contributed by atoms with van der Waals surface area (Å²) in [6.07, 6.45) is 1.48. The first kappa shape index (κ1) is 13.3. The Balaban J connectivity index is 2.76. The second-order valence-electron chi connectivity index (χ2n) is 4.52. The van der Waals surface area contributed by atoms with Gasteiger partial charge in [-0.25, -0.2) is 0 Å². The summed E-state index contributed by atoms with van der Waals surface area (Å²) in [6.45, 7) is 4.00. The van der Waals surface area contributed by atoms with E-state index in [0.29, 0.717) is 5.56 Å². The fourth-order valence-electron chi connectivity index (χ4n) is 2.39. The summed E-state index contributed by atoms with van der Waals surface area (Å²) in [5, 5.41) is 29.4. The van der Waals surface area contributed by atoms with Crippen molar-refractivity contribution in [2.75, 3.05) is 0 Å². The Bertz CT molecular complexity index is 578. The van der Waals surface area contributed by atoms with Crippen LogP contribution in [-0.2, 0) is 12.8 Å². The van der Waals surface area contributed by atoms with Crippen molar-refractivity contribution in [2.24, 2.45) is 0 Å². The van der Waals surface area contributed by atoms with E-state index in [2.05, 4.69) is 0 Å². The number of hydrogen-bond acceptors (Lipinski definition) is 3. The van der Waals surface area contributed by atoms with Gasteiger partial charge in [0.2, 0.25) is 0 Å². The topological polar surface area (TPSA) is 60.7 Å². The van der Waals surface area contributed by atoms with Crippen molar-refractivity contribution in [1.82, 2.24) is 0 Å². The molecule has 0 heterocycles. The summed E-state index contributed by atoms with van der Waals surface area (Å²) in [4.78, 5) is 0. The molecule has 0 saturated carbocycles. The summed E-state index contributed by atoms with van der Waals surface area (Å²) >= 11 is 0. The van der Waals surface area contributed by atoms with Gasteiger partial charge in [0, 0.05) is 5.56 Å². The lowest BCUT2D eigenvalue weighted by molar-refractivity contribution is 0.405. The molecule has 0 aliphatic carbocycles. The first-order chi connectivity index (χ1) is 9.08. The number of rotatable bonds is 3. The molecule has 3 nitrogen and oxygen atoms in total. The number of phenols is 3. The molecule has 0 amide bonds. The van der Waals surface area contributed by atoms with Gasteiger partial charge in [-0.3, -0.25) is 0 Å². The maximum absolute atomic E-state index is 10.0. The number of hydrogen-bond donors (Lipinski definition) is 3. The molecule has 0 aliphatic heterocycles. The smallest absolute Gasteiger partial charge is 0.165 e. The Labute approximate surface area is 112 Å². The molecule has 0 bridgehead atoms. The Morgan fingerprint density at radius 2 is 1.47 bits per heavy atom. The third kappa shape index (κ3) is 2.36. The maximum atomic E-state index is 10.0. The SMILES string of the molecule is CCc1cc(O)cc(CC)c1-c1cccc(O)c1O. The molecule has 0 radical (unpaired) electrons. The highest BCUT2D eigenvalue weighted by Crippen LogP contribution is 2.41. The molecule has 0 fully saturated rings. The molecule has 0 spiro atoms. The van der Waals surface area contributed by atoms with Crippen molar-refractivity contribution in [2.45, 2.75) is 26.7 Å². The van der Waals surface area contributed by atoms with Crippen molar-refractivity contribution in [3.63, 3.8) is 0 Å². The zero-order valence-corrected chi connectivity index (χ0v) is 11.1. The fourth-order valence-corrected chi connectivity index (χ4v) is 2.39. The Kier molecular flexibility index (Phi) is 3.65. The molecule has 3 N–H and O–H groups in total. The van der Waals surface area contributed by atoms with Crippen LogP contribution in [0.1, 0.15) is 25.0 Å². The molecule has 2 rings (SSSR count). The minimum absolute atomic E-state index is 0.113. The predicted molar refractivity (Wildman–Crippen MR) is 75.6 cm³/mol. The molecule has 19 heavy (non-hydrogen) atoms. The van der Waals surface area contributed by atoms with Gasteiger partial charge in [0.1, 0.15) is 5.75 Å². The minimum atomic E-state index is -0.130. The van der Waals surface area contributed by atoms with Gasteiger partial charge in [-0.1, -0.05) is 26.0 Å². The van der Waals surface area contributed by atoms with Crippen LogP contribution in [0.25, 0.3) is 11.1 Å². The van der Waals surface area contributed by atoms with Gasteiger partial charge in [-0.2, -0.15) is 0 Å². The zero-order valence-electron chi connectivity index (χ0n) is 11.1. The van der Waals surface area contributed by atoms with Crippen LogP contribution in [0.3, 0.4) is 0 Å². The Hall–Kier alpha value is -2.16. The van der Waals surface area contributed by atoms with E-state index < -0.39 is 0 Å². The van der Waals surface area contributed by atoms with Crippen molar-refractivity contribution in [3.05, 3.63) is 41.5 Å². The van der Waals surface area contributed by atoms with Crippen molar-refractivity contribution < 1.29 is 15.3 Å². The minimum Gasteiger partial charge on any atom is -0.508 e. The van der Waals surface area contributed by atoms with Crippen molar-refractivity contribution >= 4 is 0 Å². The lowest BCUT2D eigenvalue weighted by Crippen LogP contribution is -1.95. The highest BCUT2D eigenvalue weighted by atomic mass is 16.3. The molecule has 0 aromatic heterocycles. The highest BCUT2D eigenvalue weighted by Gasteiger charge is 2.15. The van der Waals surface area contributed by atoms with Gasteiger partial charge >= 0.3 is 0 Å². The van der Waals surface area contributed by atoms with Crippen molar-refractivity contribution in [1.29, 1.82) is 0 Å². The van der Waals surface area contributed by atoms with E-state index in [9.17, 15) is 15.3 Å². The quantitative estimate of drug-likeness (QED) is 0.737. The molecule has 0 saturated heterocycles. The van der Waals surface area contributed by atoms with Crippen LogP contribution in [0, 0.1) is 0 Å². The number of aryl methyl sites for hydroxylation is 2. The number of phenolic OH excluding ortho intramolecular Hbond substituents is 3. The highest BCUT2D eigenvalue weighted by molar-refractivity contribution is 5.79. The van der Waals surface area contributed by atoms with E-state index in [4.69, 9.17) is 0 Å². The van der Waals surface area contributed by atoms with E-state index >= 15 is 0 Å². The van der Waals surface area contributed by atoms with E-state index in [0.717, 1.165) is 29.5 Å². The summed E-state index contributed by atoms with van der Waals surface area (Å²) in [5.41, 5.74) is 3.42. The van der Waals surface area contributed by atoms with Gasteiger partial charge in [0.15, 0.2) is 11.5 Å². The van der Waals surface area contributed by atoms with Gasteiger partial charge < -0.3 is 15.3 Å². The summed E-state index contributed by atoms with van der Waals surface area (Å²) in [7, 11) is 0. The largest absolute Gasteiger partial charge is 0.508 e. The Morgan fingerprint density at radius 3 is 2.00 bits per heavy atom. The van der Waals surface area contributed by atoms with Crippen LogP contribution in [0.15, 0.2) is 30.3 Å². The van der Waals surface area contributed by atoms with Crippen LogP contribution >= 0.6 is 0 Å². The van der Waals surface area contributed by atoms with Gasteiger partial charge in [0.25, 0.3) is 0 Å². The first-order valence-corrected chi connectivity index (χ1v) is 6.44. The van der Waals surface area contributed by atoms with E-state index in [1.807, 2.05) is 13.8 Å². The van der Waals surface area contributed by atoms with Crippen LogP contribution in [0.5, 0.6) is 17.2 Å². The Morgan fingerprint density at radius 1 is 0.895 bits per heavy atom. The molecule has 3 heteroatoms. The zero-order chi connectivity index (χ0) is 14.0. The molecular formula is C16H18O3. The third-order valence-electron chi connectivity index (χ3n) is 3.33. The van der Waals surface area contributed by atoms with Crippen molar-refractivity contribution in [3.8, 4) is 28.4 Å². The average molecular weight is 258 g/mol. The molecule has 0 atom stereocenters. The van der Waals surface area contributed by atoms with E-state index in [-0.39, 0.29) is 17.2 Å². The summed E-state index contributed by atoms with van der Waals surface area (Å²) in [5.74, 6) is -0.00985. The maximum Gasteiger partial charge on any atom is 0.165 e. The van der Waals surface area contributed by atoms with Gasteiger partial charge in [-0.15, -0.1) is 0 Å². The molecule has 100 valence electrons.